The molecule has 43 heteroatoms. The Balaban J connectivity index is 1.31. The zero-order chi connectivity index (χ0) is 58.9. The minimum atomic E-state index is -5.55. The molecule has 2 heterocycles. The largest absolute Gasteiger partial charge is 0.505 e. The number of halogens is 2. The van der Waals surface area contributed by atoms with Crippen LogP contribution in [0.2, 0.25) is 10.6 Å². The lowest BCUT2D eigenvalue weighted by atomic mass is 10.1. The van der Waals surface area contributed by atoms with Gasteiger partial charge in [0, 0.05) is 5.69 Å². The summed E-state index contributed by atoms with van der Waals surface area (Å²) in [5.41, 5.74) is 0.0218. The predicted molar refractivity (Wildman–Crippen MR) is 271 cm³/mol. The second-order valence-corrected chi connectivity index (χ2v) is 24.7. The van der Waals surface area contributed by atoms with E-state index in [1.807, 2.05) is 0 Å². The van der Waals surface area contributed by atoms with Crippen molar-refractivity contribution < 1.29 is 82.6 Å². The smallest absolute Gasteiger partial charge is 0.397 e. The number of hydrogen-bond donors (Lipinski definition) is 11. The van der Waals surface area contributed by atoms with Crippen molar-refractivity contribution in [3.63, 3.8) is 0 Å². The van der Waals surface area contributed by atoms with Crippen molar-refractivity contribution in [2.45, 2.75) is 24.5 Å². The van der Waals surface area contributed by atoms with E-state index in [1.54, 1.807) is 0 Å². The number of aromatic hydroxyl groups is 1. The molecule has 35 nitrogen and oxygen atoms in total. The summed E-state index contributed by atoms with van der Waals surface area (Å²) in [6, 6.07) is 10.9. The molecular formula is C37H28Cl2N16O19S6. The first kappa shape index (κ1) is 59.6. The molecule has 5 aromatic carbocycles. The quantitative estimate of drug-likeness (QED) is 0.0268. The first-order valence-corrected chi connectivity index (χ1v) is 30.0. The number of anilines is 3. The molecule has 0 aliphatic rings. The molecule has 0 bridgehead atoms. The van der Waals surface area contributed by atoms with Gasteiger partial charge in [0.25, 0.3) is 40.5 Å². The third kappa shape index (κ3) is 14.6. The molecule has 0 radical (unpaired) electrons. The average molecular weight is 1260 g/mol. The van der Waals surface area contributed by atoms with Crippen molar-refractivity contribution in [2.75, 3.05) is 23.4 Å². The maximum Gasteiger partial charge on any atom is 0.397 e. The molecule has 0 saturated carbocycles. The standard InChI is InChI=1S/C37H28Cl2N16O19S6/c38-32-46-34(42-15-40)50-36(47-32)44-18-3-8-24(77(62,63)64)22(14-18)53-55-30-26(79(68,69)70)12-16-11-25(78(65,66)67)29(28(41)27(16)31(30)56)54-52-21-13-19(4-7-23(21)76(59,60)61)45-37-49-33(39)48-35(51-37)43-17-1-5-20(6-2-17)75(57,58)10-9-74-80(71,72)73/h1-8,11-14,56H,9-10,41H2,(H,59,60,61)(H,62,63,64)(H,65,66,67)(H,68,69,70)(H,71,72,73)(H2,42,44,46,47,50)(H2,43,45,48,49,51). The Morgan fingerprint density at radius 2 is 1.15 bits per heavy atom. The number of aromatic amines is 3. The Kier molecular flexibility index (Phi) is 16.8. The molecule has 0 atom stereocenters. The van der Waals surface area contributed by atoms with E-state index in [-0.39, 0.29) is 55.3 Å². The van der Waals surface area contributed by atoms with Crippen molar-refractivity contribution in [3.8, 4) is 11.9 Å². The number of nitrogens with zero attached hydrogens (tertiary/aromatic N) is 11. The number of benzene rings is 5. The summed E-state index contributed by atoms with van der Waals surface area (Å²) < 4.78 is 201. The summed E-state index contributed by atoms with van der Waals surface area (Å²) in [4.78, 5) is 25.9. The third-order valence-electron chi connectivity index (χ3n) is 9.80. The number of aromatic nitrogens is 6. The molecule has 80 heavy (non-hydrogen) atoms. The van der Waals surface area contributed by atoms with Crippen LogP contribution in [0.5, 0.6) is 5.75 Å². The number of nitrogen functional groups attached to an aromatic ring is 1. The second kappa shape index (κ2) is 22.6. The Morgan fingerprint density at radius 3 is 1.69 bits per heavy atom. The number of hydrogen-bond acceptors (Lipinski definition) is 27. The SMILES string of the molecule is N#CN=c1nc(Cl)[nH]c(=Nc2ccc(S(=O)(=O)O)c(N=Nc3c(S(=O)(=O)O)cc4cc(S(=O)(=O)O)c(N=Nc5cc(N=c6nc(Nc7ccc(S(=O)(=O)CCOS(=O)(=O)O)cc7)nc(Cl)[nH]6)ccc5S(=O)(=O)O)c(N)c4c3O)c2)[nH]1. The number of fused-ring (bicyclic) bond motifs is 1. The Labute approximate surface area is 456 Å². The van der Waals surface area contributed by atoms with Crippen molar-refractivity contribution in [2.24, 2.45) is 35.4 Å². The number of nitrogens with two attached hydrogens (primary N) is 1. The topological polar surface area (TPSA) is 570 Å². The maximum absolute atomic E-state index is 12.8. The monoisotopic (exact) mass is 1260 g/mol. The predicted octanol–water partition coefficient (Wildman–Crippen LogP) is 3.60. The van der Waals surface area contributed by atoms with Gasteiger partial charge in [-0.1, -0.05) is 0 Å². The number of nitriles is 1. The molecule has 7 rings (SSSR count). The Morgan fingerprint density at radius 1 is 0.625 bits per heavy atom. The van der Waals surface area contributed by atoms with Crippen molar-refractivity contribution >= 4 is 146 Å². The van der Waals surface area contributed by atoms with Gasteiger partial charge in [-0.25, -0.2) is 22.6 Å². The Hall–Kier alpha value is -8.09. The van der Waals surface area contributed by atoms with E-state index >= 15 is 0 Å². The van der Waals surface area contributed by atoms with Gasteiger partial charge in [0.1, 0.15) is 42.3 Å². The Bertz CT molecular complexity index is 4780. The van der Waals surface area contributed by atoms with E-state index in [4.69, 9.17) is 38.8 Å². The lowest BCUT2D eigenvalue weighted by molar-refractivity contribution is 0.284. The maximum atomic E-state index is 12.8. The van der Waals surface area contributed by atoms with Gasteiger partial charge in [-0.15, -0.1) is 25.4 Å². The number of H-pyrrole nitrogens is 3. The third-order valence-corrected chi connectivity index (χ3v) is 15.9. The summed E-state index contributed by atoms with van der Waals surface area (Å²) in [7, 11) is -30.5. The van der Waals surface area contributed by atoms with Crippen LogP contribution in [0.15, 0.2) is 133 Å². The molecule has 0 amide bonds. The summed E-state index contributed by atoms with van der Waals surface area (Å²) >= 11 is 12.1. The van der Waals surface area contributed by atoms with Crippen molar-refractivity contribution in [3.05, 3.63) is 100 Å². The van der Waals surface area contributed by atoms with Gasteiger partial charge in [0.2, 0.25) is 39.6 Å². The minimum Gasteiger partial charge on any atom is -0.505 e. The van der Waals surface area contributed by atoms with E-state index in [9.17, 15) is 73.8 Å². The van der Waals surface area contributed by atoms with Crippen LogP contribution in [0, 0.1) is 11.5 Å². The van der Waals surface area contributed by atoms with Crippen LogP contribution in [0.3, 0.4) is 0 Å². The van der Waals surface area contributed by atoms with E-state index in [0.717, 1.165) is 48.5 Å². The van der Waals surface area contributed by atoms with Gasteiger partial charge in [-0.2, -0.15) is 62.3 Å². The molecule has 0 saturated heterocycles. The number of sulfone groups is 1. The highest BCUT2D eigenvalue weighted by Crippen LogP contribution is 2.49. The first-order valence-electron chi connectivity index (χ1n) is 20.5. The second-order valence-electron chi connectivity index (χ2n) is 15.2. The van der Waals surface area contributed by atoms with Crippen LogP contribution < -0.4 is 27.9 Å². The lowest BCUT2D eigenvalue weighted by Gasteiger charge is -2.14. The van der Waals surface area contributed by atoms with Crippen LogP contribution in [0.1, 0.15) is 0 Å². The molecule has 0 unspecified atom stereocenters. The fraction of sp³-hybridized carbons (Fsp3) is 0.0541. The molecule has 0 spiro atoms. The number of phenolic OH excluding ortho intramolecular Hbond substituents is 1. The van der Waals surface area contributed by atoms with Crippen molar-refractivity contribution in [1.82, 2.24) is 29.9 Å². The van der Waals surface area contributed by atoms with E-state index < -0.39 is 138 Å². The molecule has 12 N–H and O–H groups in total. The number of azo groups is 2. The van der Waals surface area contributed by atoms with Gasteiger partial charge in [0.15, 0.2) is 15.6 Å². The fourth-order valence-corrected chi connectivity index (χ4v) is 10.9. The highest BCUT2D eigenvalue weighted by Gasteiger charge is 2.29. The number of nitrogens with one attached hydrogen (secondary N) is 4. The van der Waals surface area contributed by atoms with Crippen LogP contribution in [-0.2, 0) is 64.9 Å². The number of phenols is 1. The summed E-state index contributed by atoms with van der Waals surface area (Å²) in [5.74, 6) is -2.47. The van der Waals surface area contributed by atoms with Gasteiger partial charge in [-0.3, -0.25) is 32.7 Å². The van der Waals surface area contributed by atoms with Crippen LogP contribution in [0.25, 0.3) is 10.8 Å². The average Bonchev–Trinajstić information content (AvgIpc) is 3.37. The van der Waals surface area contributed by atoms with Gasteiger partial charge in [0.05, 0.1) is 39.7 Å². The summed E-state index contributed by atoms with van der Waals surface area (Å²) in [6.45, 7) is -0.881. The summed E-state index contributed by atoms with van der Waals surface area (Å²) in [6.07, 6.45) is 1.45. The van der Waals surface area contributed by atoms with Gasteiger partial charge < -0.3 is 21.1 Å². The molecule has 7 aromatic rings. The zero-order valence-corrected chi connectivity index (χ0v) is 44.9. The highest BCUT2D eigenvalue weighted by molar-refractivity contribution is 7.91. The molecule has 420 valence electrons. The van der Waals surface area contributed by atoms with Crippen LogP contribution in [0.4, 0.5) is 51.4 Å². The summed E-state index contributed by atoms with van der Waals surface area (Å²) in [5, 5.41) is 35.8. The lowest BCUT2D eigenvalue weighted by Crippen LogP contribution is -2.26. The van der Waals surface area contributed by atoms with E-state index in [2.05, 4.69) is 74.8 Å². The normalized spacial score (nSPS) is 13.7. The van der Waals surface area contributed by atoms with Gasteiger partial charge in [-0.05, 0) is 101 Å². The molecular weight excluding hydrogens is 1240 g/mol. The minimum absolute atomic E-state index is 0.164. The molecule has 0 fully saturated rings. The van der Waals surface area contributed by atoms with Crippen LogP contribution in [-0.4, -0.2) is 121 Å². The number of rotatable bonds is 17. The first-order chi connectivity index (χ1) is 37.1. The van der Waals surface area contributed by atoms with E-state index in [1.165, 1.54) is 18.3 Å². The molecule has 2 aromatic heterocycles. The van der Waals surface area contributed by atoms with Crippen LogP contribution >= 0.6 is 23.2 Å². The molecule has 0 aliphatic carbocycles. The fourth-order valence-electron chi connectivity index (χ4n) is 6.56. The molecule has 0 aliphatic heterocycles. The zero-order valence-electron chi connectivity index (χ0n) is 38.5. The van der Waals surface area contributed by atoms with Gasteiger partial charge >= 0.3 is 10.4 Å². The van der Waals surface area contributed by atoms with Crippen molar-refractivity contribution in [1.29, 1.82) is 5.26 Å². The highest BCUT2D eigenvalue weighted by atomic mass is 35.5. The van der Waals surface area contributed by atoms with E-state index in [0.29, 0.717) is 12.1 Å².